The van der Waals surface area contributed by atoms with Gasteiger partial charge in [-0.25, -0.2) is 0 Å². The fourth-order valence-electron chi connectivity index (χ4n) is 1.27. The fourth-order valence-corrected chi connectivity index (χ4v) is 1.27. The van der Waals surface area contributed by atoms with Gasteiger partial charge in [0.1, 0.15) is 6.04 Å². The van der Waals surface area contributed by atoms with Gasteiger partial charge in [0.15, 0.2) is 11.5 Å². The topological polar surface area (TPSA) is 87.6 Å². The number of fused-ring (bicyclic) bond motifs is 1. The number of nitrogens with two attached hydrogens (primary N) is 2. The highest BCUT2D eigenvalue weighted by atomic mass is 16.7. The van der Waals surface area contributed by atoms with Crippen molar-refractivity contribution in [2.45, 2.75) is 6.04 Å². The fraction of sp³-hybridized carbons (Fsp3) is 0.222. The number of primary amides is 1. The maximum absolute atomic E-state index is 10.8. The molecular formula is C9H10N2O3. The molecule has 1 aromatic carbocycles. The van der Waals surface area contributed by atoms with E-state index < -0.39 is 11.9 Å². The minimum atomic E-state index is -0.801. The third-order valence-electron chi connectivity index (χ3n) is 2.06. The van der Waals surface area contributed by atoms with E-state index in [9.17, 15) is 4.79 Å². The number of hydrogen-bond donors (Lipinski definition) is 2. The molecule has 74 valence electrons. The molecule has 0 aliphatic carbocycles. The molecule has 1 unspecified atom stereocenters. The Bertz CT molecular complexity index is 378. The summed E-state index contributed by atoms with van der Waals surface area (Å²) in [6.07, 6.45) is 0. The average Bonchev–Trinajstić information content (AvgIpc) is 2.62. The van der Waals surface area contributed by atoms with Crippen LogP contribution in [0.4, 0.5) is 0 Å². The number of rotatable bonds is 2. The van der Waals surface area contributed by atoms with Gasteiger partial charge in [-0.2, -0.15) is 0 Å². The number of carbonyl (C=O) groups is 1. The lowest BCUT2D eigenvalue weighted by Gasteiger charge is -2.07. The molecule has 0 spiro atoms. The Morgan fingerprint density at radius 2 is 2.07 bits per heavy atom. The Labute approximate surface area is 80.6 Å². The van der Waals surface area contributed by atoms with E-state index in [2.05, 4.69) is 0 Å². The lowest BCUT2D eigenvalue weighted by molar-refractivity contribution is -0.119. The first-order valence-electron chi connectivity index (χ1n) is 4.13. The zero-order valence-corrected chi connectivity index (χ0v) is 7.40. The Morgan fingerprint density at radius 1 is 1.36 bits per heavy atom. The minimum absolute atomic E-state index is 0.199. The molecule has 14 heavy (non-hydrogen) atoms. The Hall–Kier alpha value is -1.75. The van der Waals surface area contributed by atoms with E-state index in [-0.39, 0.29) is 6.79 Å². The number of benzene rings is 1. The highest BCUT2D eigenvalue weighted by Crippen LogP contribution is 2.33. The molecule has 5 heteroatoms. The van der Waals surface area contributed by atoms with Crippen LogP contribution in [0.25, 0.3) is 0 Å². The summed E-state index contributed by atoms with van der Waals surface area (Å²) in [5, 5.41) is 0. The van der Waals surface area contributed by atoms with E-state index in [1.165, 1.54) is 0 Å². The predicted octanol–water partition coefficient (Wildman–Crippen LogP) is -0.0996. The van der Waals surface area contributed by atoms with Gasteiger partial charge < -0.3 is 20.9 Å². The molecule has 2 rings (SSSR count). The molecule has 0 bridgehead atoms. The first kappa shape index (κ1) is 8.83. The molecule has 0 aromatic heterocycles. The summed E-state index contributed by atoms with van der Waals surface area (Å²) in [5.41, 5.74) is 11.3. The Balaban J connectivity index is 2.33. The second kappa shape index (κ2) is 3.19. The van der Waals surface area contributed by atoms with Crippen molar-refractivity contribution in [3.05, 3.63) is 23.8 Å². The van der Waals surface area contributed by atoms with Crippen molar-refractivity contribution in [1.29, 1.82) is 0 Å². The number of carbonyl (C=O) groups excluding carboxylic acids is 1. The monoisotopic (exact) mass is 194 g/mol. The molecule has 1 aromatic rings. The number of hydrogen-bond acceptors (Lipinski definition) is 4. The van der Waals surface area contributed by atoms with E-state index in [4.69, 9.17) is 20.9 Å². The predicted molar refractivity (Wildman–Crippen MR) is 48.7 cm³/mol. The van der Waals surface area contributed by atoms with Gasteiger partial charge in [-0.05, 0) is 17.7 Å². The van der Waals surface area contributed by atoms with Gasteiger partial charge in [0.25, 0.3) is 0 Å². The SMILES string of the molecule is NC(=O)C(N)c1ccc2c(c1)OCO2. The van der Waals surface area contributed by atoms with Crippen molar-refractivity contribution >= 4 is 5.91 Å². The summed E-state index contributed by atoms with van der Waals surface area (Å²) in [7, 11) is 0. The van der Waals surface area contributed by atoms with Crippen molar-refractivity contribution in [1.82, 2.24) is 0 Å². The van der Waals surface area contributed by atoms with Crippen molar-refractivity contribution in [3.8, 4) is 11.5 Å². The molecule has 1 atom stereocenters. The van der Waals surface area contributed by atoms with Crippen LogP contribution in [0.3, 0.4) is 0 Å². The highest BCUT2D eigenvalue weighted by molar-refractivity contribution is 5.81. The summed E-state index contributed by atoms with van der Waals surface area (Å²) in [5.74, 6) is 0.688. The van der Waals surface area contributed by atoms with E-state index in [0.717, 1.165) is 0 Å². The first-order chi connectivity index (χ1) is 6.68. The van der Waals surface area contributed by atoms with E-state index >= 15 is 0 Å². The minimum Gasteiger partial charge on any atom is -0.454 e. The van der Waals surface area contributed by atoms with Crippen LogP contribution >= 0.6 is 0 Å². The van der Waals surface area contributed by atoms with Crippen LogP contribution in [0.5, 0.6) is 11.5 Å². The smallest absolute Gasteiger partial charge is 0.238 e. The van der Waals surface area contributed by atoms with Gasteiger partial charge in [-0.1, -0.05) is 6.07 Å². The third-order valence-corrected chi connectivity index (χ3v) is 2.06. The van der Waals surface area contributed by atoms with E-state index in [1.54, 1.807) is 18.2 Å². The lowest BCUT2D eigenvalue weighted by Crippen LogP contribution is -2.28. The van der Waals surface area contributed by atoms with Gasteiger partial charge in [-0.3, -0.25) is 4.79 Å². The second-order valence-electron chi connectivity index (χ2n) is 2.99. The standard InChI is InChI=1S/C9H10N2O3/c10-8(9(11)12)5-1-2-6-7(3-5)14-4-13-6/h1-3,8H,4,10H2,(H2,11,12). The van der Waals surface area contributed by atoms with Crippen molar-refractivity contribution in [2.75, 3.05) is 6.79 Å². The van der Waals surface area contributed by atoms with Crippen LogP contribution in [0.2, 0.25) is 0 Å². The van der Waals surface area contributed by atoms with Gasteiger partial charge in [0.05, 0.1) is 0 Å². The number of ether oxygens (including phenoxy) is 2. The average molecular weight is 194 g/mol. The van der Waals surface area contributed by atoms with Gasteiger partial charge in [-0.15, -0.1) is 0 Å². The second-order valence-corrected chi connectivity index (χ2v) is 2.99. The van der Waals surface area contributed by atoms with Crippen molar-refractivity contribution in [2.24, 2.45) is 11.5 Å². The molecule has 0 saturated heterocycles. The van der Waals surface area contributed by atoms with Gasteiger partial charge in [0.2, 0.25) is 12.7 Å². The van der Waals surface area contributed by atoms with Crippen LogP contribution in [0.15, 0.2) is 18.2 Å². The number of amides is 1. The van der Waals surface area contributed by atoms with Crippen LogP contribution < -0.4 is 20.9 Å². The maximum Gasteiger partial charge on any atom is 0.238 e. The Morgan fingerprint density at radius 3 is 2.79 bits per heavy atom. The Kier molecular flexibility index (Phi) is 2.01. The van der Waals surface area contributed by atoms with Crippen LogP contribution in [-0.2, 0) is 4.79 Å². The molecule has 1 heterocycles. The van der Waals surface area contributed by atoms with Gasteiger partial charge >= 0.3 is 0 Å². The summed E-state index contributed by atoms with van der Waals surface area (Å²) >= 11 is 0. The van der Waals surface area contributed by atoms with E-state index in [1.807, 2.05) is 0 Å². The summed E-state index contributed by atoms with van der Waals surface area (Å²) in [6, 6.07) is 4.27. The molecule has 1 aliphatic heterocycles. The molecule has 0 radical (unpaired) electrons. The summed E-state index contributed by atoms with van der Waals surface area (Å²) in [6.45, 7) is 0.199. The largest absolute Gasteiger partial charge is 0.454 e. The van der Waals surface area contributed by atoms with Crippen molar-refractivity contribution < 1.29 is 14.3 Å². The zero-order chi connectivity index (χ0) is 10.1. The normalized spacial score (nSPS) is 15.2. The summed E-state index contributed by atoms with van der Waals surface area (Å²) in [4.78, 5) is 10.8. The van der Waals surface area contributed by atoms with Gasteiger partial charge in [0, 0.05) is 0 Å². The molecule has 4 N–H and O–H groups in total. The van der Waals surface area contributed by atoms with Crippen LogP contribution in [-0.4, -0.2) is 12.7 Å². The van der Waals surface area contributed by atoms with Crippen molar-refractivity contribution in [3.63, 3.8) is 0 Å². The highest BCUT2D eigenvalue weighted by Gasteiger charge is 2.18. The molecule has 5 nitrogen and oxygen atoms in total. The quantitative estimate of drug-likeness (QED) is 0.688. The molecule has 0 saturated carbocycles. The first-order valence-corrected chi connectivity index (χ1v) is 4.13. The van der Waals surface area contributed by atoms with Crippen LogP contribution in [0.1, 0.15) is 11.6 Å². The van der Waals surface area contributed by atoms with Crippen LogP contribution in [0, 0.1) is 0 Å². The zero-order valence-electron chi connectivity index (χ0n) is 7.40. The molecule has 0 fully saturated rings. The molecule has 1 aliphatic rings. The lowest BCUT2D eigenvalue weighted by atomic mass is 10.1. The summed E-state index contributed by atoms with van der Waals surface area (Å²) < 4.78 is 10.3. The molecular weight excluding hydrogens is 184 g/mol. The third kappa shape index (κ3) is 1.38. The van der Waals surface area contributed by atoms with E-state index in [0.29, 0.717) is 17.1 Å². The molecule has 1 amide bonds. The maximum atomic E-state index is 10.8.